The van der Waals surface area contributed by atoms with Gasteiger partial charge in [0.1, 0.15) is 11.5 Å². The van der Waals surface area contributed by atoms with Crippen LogP contribution >= 0.6 is 0 Å². The first-order valence-corrected chi connectivity index (χ1v) is 4.77. The number of nitrogens with zero attached hydrogens (tertiary/aromatic N) is 1. The second-order valence-electron chi connectivity index (χ2n) is 3.77. The van der Waals surface area contributed by atoms with Crippen LogP contribution in [0.15, 0.2) is 16.5 Å². The van der Waals surface area contributed by atoms with E-state index in [1.165, 1.54) is 11.9 Å². The zero-order chi connectivity index (χ0) is 12.3. The predicted molar refractivity (Wildman–Crippen MR) is 51.8 cm³/mol. The molecule has 1 aromatic heterocycles. The van der Waals surface area contributed by atoms with Crippen molar-refractivity contribution in [2.75, 3.05) is 13.6 Å². The van der Waals surface area contributed by atoms with Crippen LogP contribution in [0.25, 0.3) is 0 Å². The van der Waals surface area contributed by atoms with E-state index in [4.69, 9.17) is 9.52 Å². The van der Waals surface area contributed by atoms with E-state index < -0.39 is 18.8 Å². The van der Waals surface area contributed by atoms with Crippen LogP contribution in [-0.4, -0.2) is 35.9 Å². The fourth-order valence-electron chi connectivity index (χ4n) is 1.30. The van der Waals surface area contributed by atoms with Crippen LogP contribution in [0.4, 0.5) is 13.2 Å². The highest BCUT2D eigenvalue weighted by molar-refractivity contribution is 5.05. The number of hydrogen-bond acceptors (Lipinski definition) is 3. The van der Waals surface area contributed by atoms with Crippen molar-refractivity contribution in [1.82, 2.24) is 4.90 Å². The molecule has 0 saturated carbocycles. The third-order valence-corrected chi connectivity index (χ3v) is 2.08. The molecule has 0 aliphatic heterocycles. The van der Waals surface area contributed by atoms with Crippen molar-refractivity contribution in [2.45, 2.75) is 25.7 Å². The van der Waals surface area contributed by atoms with Crippen molar-refractivity contribution in [2.24, 2.45) is 0 Å². The second kappa shape index (κ2) is 4.88. The Morgan fingerprint density at radius 1 is 1.44 bits per heavy atom. The number of halogens is 3. The number of furan rings is 1. The largest absolute Gasteiger partial charge is 0.465 e. The maximum Gasteiger partial charge on any atom is 0.415 e. The number of rotatable bonds is 4. The lowest BCUT2D eigenvalue weighted by Crippen LogP contribution is -2.39. The lowest BCUT2D eigenvalue weighted by Gasteiger charge is -2.21. The second-order valence-corrected chi connectivity index (χ2v) is 3.77. The molecule has 1 unspecified atom stereocenters. The van der Waals surface area contributed by atoms with Crippen LogP contribution in [0.5, 0.6) is 0 Å². The normalized spacial score (nSPS) is 14.4. The first-order valence-electron chi connectivity index (χ1n) is 4.77. The van der Waals surface area contributed by atoms with E-state index in [0.717, 1.165) is 0 Å². The number of aryl methyl sites for hydroxylation is 1. The van der Waals surface area contributed by atoms with Gasteiger partial charge in [-0.1, -0.05) is 0 Å². The van der Waals surface area contributed by atoms with Gasteiger partial charge in [0.15, 0.2) is 6.10 Å². The van der Waals surface area contributed by atoms with Gasteiger partial charge in [0.25, 0.3) is 0 Å². The fourth-order valence-corrected chi connectivity index (χ4v) is 1.30. The van der Waals surface area contributed by atoms with Crippen molar-refractivity contribution in [1.29, 1.82) is 0 Å². The molecule has 0 aliphatic carbocycles. The van der Waals surface area contributed by atoms with E-state index in [1.54, 1.807) is 19.1 Å². The van der Waals surface area contributed by atoms with Gasteiger partial charge in [-0.05, 0) is 26.1 Å². The van der Waals surface area contributed by atoms with Crippen LogP contribution in [0.1, 0.15) is 11.5 Å². The lowest BCUT2D eigenvalue weighted by molar-refractivity contribution is -0.207. The lowest BCUT2D eigenvalue weighted by atomic mass is 10.3. The Kier molecular flexibility index (Phi) is 3.98. The van der Waals surface area contributed by atoms with Gasteiger partial charge in [-0.3, -0.25) is 4.90 Å². The van der Waals surface area contributed by atoms with Gasteiger partial charge in [-0.2, -0.15) is 13.2 Å². The van der Waals surface area contributed by atoms with Gasteiger partial charge in [0.2, 0.25) is 0 Å². The summed E-state index contributed by atoms with van der Waals surface area (Å²) in [6, 6.07) is 3.44. The molecule has 0 radical (unpaired) electrons. The number of aliphatic hydroxyl groups is 1. The molecule has 0 saturated heterocycles. The number of hydrogen-bond donors (Lipinski definition) is 1. The molecule has 0 bridgehead atoms. The summed E-state index contributed by atoms with van der Waals surface area (Å²) in [5.74, 6) is 1.29. The summed E-state index contributed by atoms with van der Waals surface area (Å²) >= 11 is 0. The summed E-state index contributed by atoms with van der Waals surface area (Å²) in [5, 5.41) is 8.84. The third kappa shape index (κ3) is 3.86. The Bertz CT molecular complexity index is 335. The molecule has 3 nitrogen and oxygen atoms in total. The molecule has 16 heavy (non-hydrogen) atoms. The van der Waals surface area contributed by atoms with Crippen LogP contribution in [0, 0.1) is 6.92 Å². The fraction of sp³-hybridized carbons (Fsp3) is 0.600. The average Bonchev–Trinajstić information content (AvgIpc) is 2.49. The van der Waals surface area contributed by atoms with E-state index in [1.807, 2.05) is 0 Å². The van der Waals surface area contributed by atoms with E-state index >= 15 is 0 Å². The Morgan fingerprint density at radius 3 is 2.50 bits per heavy atom. The van der Waals surface area contributed by atoms with Crippen molar-refractivity contribution in [3.63, 3.8) is 0 Å². The standard InChI is InChI=1S/C10H14F3NO2/c1-7-3-4-8(16-7)5-14(2)6-9(15)10(11,12)13/h3-4,9,15H,5-6H2,1-2H3. The first-order chi connectivity index (χ1) is 7.29. The summed E-state index contributed by atoms with van der Waals surface area (Å²) < 4.78 is 41.4. The molecule has 1 rings (SSSR count). The van der Waals surface area contributed by atoms with Crippen molar-refractivity contribution in [3.8, 4) is 0 Å². The molecule has 0 amide bonds. The maximum absolute atomic E-state index is 12.1. The van der Waals surface area contributed by atoms with E-state index in [2.05, 4.69) is 0 Å². The number of aliphatic hydroxyl groups excluding tert-OH is 1. The van der Waals surface area contributed by atoms with Crippen LogP contribution in [0.3, 0.4) is 0 Å². The van der Waals surface area contributed by atoms with E-state index in [-0.39, 0.29) is 6.54 Å². The van der Waals surface area contributed by atoms with Crippen molar-refractivity contribution >= 4 is 0 Å². The van der Waals surface area contributed by atoms with E-state index in [0.29, 0.717) is 11.5 Å². The topological polar surface area (TPSA) is 36.6 Å². The summed E-state index contributed by atoms with van der Waals surface area (Å²) in [6.07, 6.45) is -6.90. The number of alkyl halides is 3. The van der Waals surface area contributed by atoms with Gasteiger partial charge in [0, 0.05) is 6.54 Å². The average molecular weight is 237 g/mol. The monoisotopic (exact) mass is 237 g/mol. The quantitative estimate of drug-likeness (QED) is 0.869. The Labute approximate surface area is 91.5 Å². The summed E-state index contributed by atoms with van der Waals surface area (Å²) in [4.78, 5) is 1.36. The highest BCUT2D eigenvalue weighted by Crippen LogP contribution is 2.21. The summed E-state index contributed by atoms with van der Waals surface area (Å²) in [5.41, 5.74) is 0. The molecule has 1 N–H and O–H groups in total. The number of likely N-dealkylation sites (N-methyl/N-ethyl adjacent to an activating group) is 1. The minimum absolute atomic E-state index is 0.237. The Balaban J connectivity index is 2.45. The molecular weight excluding hydrogens is 223 g/mol. The third-order valence-electron chi connectivity index (χ3n) is 2.08. The Hall–Kier alpha value is -1.01. The molecule has 0 fully saturated rings. The molecule has 1 atom stereocenters. The molecule has 1 heterocycles. The predicted octanol–water partition coefficient (Wildman–Crippen LogP) is 1.94. The van der Waals surface area contributed by atoms with Crippen molar-refractivity contribution in [3.05, 3.63) is 23.7 Å². The SMILES string of the molecule is Cc1ccc(CN(C)CC(O)C(F)(F)F)o1. The maximum atomic E-state index is 12.1. The molecule has 0 spiro atoms. The van der Waals surface area contributed by atoms with Gasteiger partial charge >= 0.3 is 6.18 Å². The minimum Gasteiger partial charge on any atom is -0.465 e. The van der Waals surface area contributed by atoms with Crippen LogP contribution < -0.4 is 0 Å². The van der Waals surface area contributed by atoms with Gasteiger partial charge in [0.05, 0.1) is 6.54 Å². The zero-order valence-corrected chi connectivity index (χ0v) is 9.08. The molecule has 0 aromatic carbocycles. The first kappa shape index (κ1) is 13.1. The van der Waals surface area contributed by atoms with Gasteiger partial charge in [-0.25, -0.2) is 0 Å². The smallest absolute Gasteiger partial charge is 0.415 e. The molecule has 0 aliphatic rings. The molecule has 1 aromatic rings. The van der Waals surface area contributed by atoms with Gasteiger partial charge in [-0.15, -0.1) is 0 Å². The highest BCUT2D eigenvalue weighted by Gasteiger charge is 2.38. The Morgan fingerprint density at radius 2 is 2.06 bits per heavy atom. The zero-order valence-electron chi connectivity index (χ0n) is 9.08. The summed E-state index contributed by atoms with van der Waals surface area (Å²) in [6.45, 7) is 1.53. The minimum atomic E-state index is -4.58. The molecule has 92 valence electrons. The van der Waals surface area contributed by atoms with E-state index in [9.17, 15) is 13.2 Å². The van der Waals surface area contributed by atoms with Crippen LogP contribution in [-0.2, 0) is 6.54 Å². The van der Waals surface area contributed by atoms with Crippen LogP contribution in [0.2, 0.25) is 0 Å². The van der Waals surface area contributed by atoms with Crippen molar-refractivity contribution < 1.29 is 22.7 Å². The molecular formula is C10H14F3NO2. The molecule has 6 heteroatoms. The summed E-state index contributed by atoms with van der Waals surface area (Å²) in [7, 11) is 1.49. The van der Waals surface area contributed by atoms with Gasteiger partial charge < -0.3 is 9.52 Å². The highest BCUT2D eigenvalue weighted by atomic mass is 19.4.